The first-order chi connectivity index (χ1) is 9.60. The number of aromatic nitrogens is 1. The Labute approximate surface area is 119 Å². The molecular formula is C16H20N2O2. The lowest BCUT2D eigenvalue weighted by molar-refractivity contribution is -0.141. The first kappa shape index (κ1) is 14.5. The summed E-state index contributed by atoms with van der Waals surface area (Å²) in [6, 6.07) is 10.2. The van der Waals surface area contributed by atoms with Gasteiger partial charge in [0.1, 0.15) is 0 Å². The minimum absolute atomic E-state index is 0.0837. The molecule has 0 radical (unpaired) electrons. The van der Waals surface area contributed by atoms with E-state index in [0.29, 0.717) is 6.42 Å². The highest BCUT2D eigenvalue weighted by Gasteiger charge is 2.18. The second-order valence-corrected chi connectivity index (χ2v) is 5.12. The van der Waals surface area contributed by atoms with Crippen molar-refractivity contribution in [1.82, 2.24) is 10.3 Å². The number of carbonyl (C=O) groups is 1. The standard InChI is InChI=1S/C16H20N2O2/c1-11(2)18-15(9-16(19)20-3)13-8-12-6-4-5-7-14(12)17-10-13/h4-8,10-11,15,18H,9H2,1-3H3. The third-order valence-electron chi connectivity index (χ3n) is 3.15. The van der Waals surface area contributed by atoms with E-state index in [1.54, 1.807) is 0 Å². The number of methoxy groups -OCH3 is 1. The van der Waals surface area contributed by atoms with E-state index in [1.165, 1.54) is 7.11 Å². The molecule has 0 amide bonds. The lowest BCUT2D eigenvalue weighted by Crippen LogP contribution is -2.30. The quantitative estimate of drug-likeness (QED) is 0.850. The van der Waals surface area contributed by atoms with Gasteiger partial charge in [-0.2, -0.15) is 0 Å². The average Bonchev–Trinajstić information content (AvgIpc) is 2.45. The molecule has 0 bridgehead atoms. The molecular weight excluding hydrogens is 252 g/mol. The lowest BCUT2D eigenvalue weighted by Gasteiger charge is -2.20. The summed E-state index contributed by atoms with van der Waals surface area (Å²) in [5.74, 6) is -0.226. The number of carbonyl (C=O) groups excluding carboxylic acids is 1. The van der Waals surface area contributed by atoms with Gasteiger partial charge in [-0.25, -0.2) is 0 Å². The van der Waals surface area contributed by atoms with Gasteiger partial charge >= 0.3 is 5.97 Å². The number of nitrogens with zero attached hydrogens (tertiary/aromatic N) is 1. The number of rotatable bonds is 5. The Balaban J connectivity index is 2.31. The Bertz CT molecular complexity index is 596. The molecule has 1 N–H and O–H groups in total. The number of esters is 1. The fraction of sp³-hybridized carbons (Fsp3) is 0.375. The molecule has 20 heavy (non-hydrogen) atoms. The van der Waals surface area contributed by atoms with E-state index < -0.39 is 0 Å². The van der Waals surface area contributed by atoms with Crippen LogP contribution in [0.25, 0.3) is 10.9 Å². The number of para-hydroxylation sites is 1. The molecule has 0 aliphatic carbocycles. The Kier molecular flexibility index (Phi) is 4.69. The smallest absolute Gasteiger partial charge is 0.307 e. The molecule has 0 aliphatic heterocycles. The molecule has 0 saturated heterocycles. The summed E-state index contributed by atoms with van der Waals surface area (Å²) < 4.78 is 4.77. The first-order valence-corrected chi connectivity index (χ1v) is 6.77. The molecule has 1 heterocycles. The van der Waals surface area contributed by atoms with Gasteiger partial charge in [-0.15, -0.1) is 0 Å². The minimum atomic E-state index is -0.226. The van der Waals surface area contributed by atoms with Gasteiger partial charge in [-0.05, 0) is 17.7 Å². The van der Waals surface area contributed by atoms with E-state index in [2.05, 4.69) is 30.2 Å². The maximum absolute atomic E-state index is 11.6. The zero-order chi connectivity index (χ0) is 14.5. The fourth-order valence-corrected chi connectivity index (χ4v) is 2.20. The van der Waals surface area contributed by atoms with Crippen LogP contribution in [-0.2, 0) is 9.53 Å². The summed E-state index contributed by atoms with van der Waals surface area (Å²) in [6.45, 7) is 4.11. The second kappa shape index (κ2) is 6.48. The number of hydrogen-bond donors (Lipinski definition) is 1. The van der Waals surface area contributed by atoms with E-state index >= 15 is 0 Å². The average molecular weight is 272 g/mol. The molecule has 4 heteroatoms. The Morgan fingerprint density at radius 2 is 2.10 bits per heavy atom. The highest BCUT2D eigenvalue weighted by molar-refractivity contribution is 5.79. The summed E-state index contributed by atoms with van der Waals surface area (Å²) in [5.41, 5.74) is 1.96. The zero-order valence-electron chi connectivity index (χ0n) is 12.1. The van der Waals surface area contributed by atoms with Gasteiger partial charge < -0.3 is 10.1 Å². The van der Waals surface area contributed by atoms with Gasteiger partial charge in [0.25, 0.3) is 0 Å². The van der Waals surface area contributed by atoms with Crippen LogP contribution in [0.2, 0.25) is 0 Å². The molecule has 4 nitrogen and oxygen atoms in total. The summed E-state index contributed by atoms with van der Waals surface area (Å²) in [5, 5.41) is 4.46. The van der Waals surface area contributed by atoms with Crippen molar-refractivity contribution in [3.05, 3.63) is 42.1 Å². The second-order valence-electron chi connectivity index (χ2n) is 5.12. The van der Waals surface area contributed by atoms with Crippen LogP contribution in [0.3, 0.4) is 0 Å². The summed E-state index contributed by atoms with van der Waals surface area (Å²) in [7, 11) is 1.41. The molecule has 2 aromatic rings. The fourth-order valence-electron chi connectivity index (χ4n) is 2.20. The number of pyridine rings is 1. The van der Waals surface area contributed by atoms with E-state index in [-0.39, 0.29) is 18.1 Å². The molecule has 1 unspecified atom stereocenters. The van der Waals surface area contributed by atoms with Crippen LogP contribution >= 0.6 is 0 Å². The van der Waals surface area contributed by atoms with Crippen LogP contribution < -0.4 is 5.32 Å². The first-order valence-electron chi connectivity index (χ1n) is 6.77. The molecule has 1 aromatic heterocycles. The highest BCUT2D eigenvalue weighted by Crippen LogP contribution is 2.21. The van der Waals surface area contributed by atoms with Crippen LogP contribution in [0.1, 0.15) is 31.9 Å². The summed E-state index contributed by atoms with van der Waals surface area (Å²) in [6.07, 6.45) is 2.13. The van der Waals surface area contributed by atoms with Gasteiger partial charge in [0.2, 0.25) is 0 Å². The van der Waals surface area contributed by atoms with Crippen LogP contribution in [0.15, 0.2) is 36.5 Å². The van der Waals surface area contributed by atoms with Crippen molar-refractivity contribution in [2.24, 2.45) is 0 Å². The molecule has 0 fully saturated rings. The van der Waals surface area contributed by atoms with Gasteiger partial charge in [0, 0.05) is 23.7 Å². The van der Waals surface area contributed by atoms with Crippen molar-refractivity contribution in [3.63, 3.8) is 0 Å². The van der Waals surface area contributed by atoms with Crippen LogP contribution in [-0.4, -0.2) is 24.1 Å². The van der Waals surface area contributed by atoms with Crippen molar-refractivity contribution >= 4 is 16.9 Å². The summed E-state index contributed by atoms with van der Waals surface area (Å²) >= 11 is 0. The largest absolute Gasteiger partial charge is 0.469 e. The minimum Gasteiger partial charge on any atom is -0.469 e. The third-order valence-corrected chi connectivity index (χ3v) is 3.15. The number of benzene rings is 1. The SMILES string of the molecule is COC(=O)CC(NC(C)C)c1cnc2ccccc2c1. The van der Waals surface area contributed by atoms with Gasteiger partial charge in [-0.1, -0.05) is 32.0 Å². The molecule has 0 saturated carbocycles. The van der Waals surface area contributed by atoms with Crippen molar-refractivity contribution in [2.45, 2.75) is 32.4 Å². The molecule has 1 aromatic carbocycles. The van der Waals surface area contributed by atoms with Crippen molar-refractivity contribution in [1.29, 1.82) is 0 Å². The number of fused-ring (bicyclic) bond motifs is 1. The van der Waals surface area contributed by atoms with Crippen molar-refractivity contribution in [2.75, 3.05) is 7.11 Å². The van der Waals surface area contributed by atoms with Crippen molar-refractivity contribution < 1.29 is 9.53 Å². The van der Waals surface area contributed by atoms with E-state index in [0.717, 1.165) is 16.5 Å². The molecule has 0 aliphatic rings. The van der Waals surface area contributed by atoms with Gasteiger partial charge in [-0.3, -0.25) is 9.78 Å². The van der Waals surface area contributed by atoms with E-state index in [1.807, 2.05) is 30.5 Å². The van der Waals surface area contributed by atoms with Crippen LogP contribution in [0, 0.1) is 0 Å². The Morgan fingerprint density at radius 1 is 1.35 bits per heavy atom. The van der Waals surface area contributed by atoms with Gasteiger partial charge in [0.05, 0.1) is 19.0 Å². The van der Waals surface area contributed by atoms with Gasteiger partial charge in [0.15, 0.2) is 0 Å². The lowest BCUT2D eigenvalue weighted by atomic mass is 10.0. The number of hydrogen-bond acceptors (Lipinski definition) is 4. The zero-order valence-corrected chi connectivity index (χ0v) is 12.1. The monoisotopic (exact) mass is 272 g/mol. The molecule has 106 valence electrons. The van der Waals surface area contributed by atoms with Crippen LogP contribution in [0.5, 0.6) is 0 Å². The Morgan fingerprint density at radius 3 is 2.80 bits per heavy atom. The summed E-state index contributed by atoms with van der Waals surface area (Å²) in [4.78, 5) is 16.0. The van der Waals surface area contributed by atoms with Crippen molar-refractivity contribution in [3.8, 4) is 0 Å². The third kappa shape index (κ3) is 3.54. The molecule has 0 spiro atoms. The van der Waals surface area contributed by atoms with Crippen LogP contribution in [0.4, 0.5) is 0 Å². The van der Waals surface area contributed by atoms with E-state index in [4.69, 9.17) is 4.74 Å². The predicted octanol–water partition coefficient (Wildman–Crippen LogP) is 2.84. The maximum atomic E-state index is 11.6. The Hall–Kier alpha value is -1.94. The maximum Gasteiger partial charge on any atom is 0.307 e. The number of ether oxygens (including phenoxy) is 1. The highest BCUT2D eigenvalue weighted by atomic mass is 16.5. The van der Waals surface area contributed by atoms with E-state index in [9.17, 15) is 4.79 Å². The molecule has 2 rings (SSSR count). The topological polar surface area (TPSA) is 51.2 Å². The normalized spacial score (nSPS) is 12.6. The number of nitrogens with one attached hydrogen (secondary N) is 1. The molecule has 1 atom stereocenters. The predicted molar refractivity (Wildman–Crippen MR) is 79.4 cm³/mol.